The number of nitrogens with zero attached hydrogens (tertiary/aromatic N) is 10. The number of rotatable bonds is 25. The molecule has 29 nitrogen and oxygen atoms in total. The highest BCUT2D eigenvalue weighted by Gasteiger charge is 2.33. The number of nitrogen functional groups attached to an aromatic ring is 4. The van der Waals surface area contributed by atoms with Gasteiger partial charge in [-0.15, -0.1) is 0 Å². The van der Waals surface area contributed by atoms with Gasteiger partial charge >= 0.3 is 33.1 Å². The second kappa shape index (κ2) is 31.5. The van der Waals surface area contributed by atoms with Crippen molar-refractivity contribution in [2.45, 2.75) is 53.0 Å². The number of aromatic nitrogens is 8. The van der Waals surface area contributed by atoms with Crippen LogP contribution in [0.5, 0.6) is 11.5 Å². The van der Waals surface area contributed by atoms with Gasteiger partial charge in [-0.3, -0.25) is 13.8 Å². The third-order valence-corrected chi connectivity index (χ3v) is 15.7. The molecule has 4 atom stereocenters. The van der Waals surface area contributed by atoms with Crippen LogP contribution in [0.4, 0.5) is 34.9 Å². The summed E-state index contributed by atoms with van der Waals surface area (Å²) >= 11 is 0. The molecule has 2 unspecified atom stereocenters. The molecule has 0 radical (unpaired) electrons. The number of fused-ring (bicyclic) bond motifs is 2. The standard InChI is InChI=1S/C28H33N8O6P.C15H15N7O2.C13H20NO5P/c1-4-40-27(38)18(2)41-43(39,42-22-8-6-5-7-9-22)15-14-31-26(37)19-10-12-21(13-11-19)36(3)17-20-16-32-25-23(33-20)24(29)34-28(30)35-25;1-22(10-4-2-8(3-5-10)14(23)24)7-9-6-18-13-11(19-9)12(16)20-15(17)21-13;1-3-17-13(15)11(2)18-20(16,10-9-14)19-12-7-5-4-6-8-12/h5-13,16,18H,4,14-15,17H2,1-3H3,(H,31,37)(H4,29,30,32,34,35);2-6H,7H2,1H3,(H,23,24)(H4,16,17,18,20,21);4-8,11H,3,9-10,14H2,1-2H3/t18-,43?;;11-,20?/m0.0/s1. The van der Waals surface area contributed by atoms with Crippen molar-refractivity contribution < 1.29 is 61.0 Å². The molecule has 12 N–H and O–H groups in total. The summed E-state index contributed by atoms with van der Waals surface area (Å²) in [5.41, 5.74) is 33.3. The minimum Gasteiger partial charge on any atom is -0.478 e. The van der Waals surface area contributed by atoms with Gasteiger partial charge in [-0.05, 0) is 100 Å². The maximum absolute atomic E-state index is 13.6. The van der Waals surface area contributed by atoms with E-state index in [2.05, 4.69) is 45.2 Å². The Labute approximate surface area is 500 Å². The van der Waals surface area contributed by atoms with E-state index in [0.717, 1.165) is 11.4 Å². The molecule has 0 saturated carbocycles. The molecule has 87 heavy (non-hydrogen) atoms. The molecular formula is C56H68N16O13P2. The minimum absolute atomic E-state index is 0.0195. The predicted octanol–water partition coefficient (Wildman–Crippen LogP) is 6.29. The van der Waals surface area contributed by atoms with Gasteiger partial charge in [-0.1, -0.05) is 36.4 Å². The second-order valence-electron chi connectivity index (χ2n) is 18.6. The van der Waals surface area contributed by atoms with Crippen molar-refractivity contribution in [3.05, 3.63) is 144 Å². The van der Waals surface area contributed by atoms with Crippen LogP contribution >= 0.6 is 15.2 Å². The van der Waals surface area contributed by atoms with E-state index in [1.165, 1.54) is 13.8 Å². The van der Waals surface area contributed by atoms with E-state index < -0.39 is 45.3 Å². The molecule has 0 saturated heterocycles. The lowest BCUT2D eigenvalue weighted by Crippen LogP contribution is -2.29. The molecule has 0 bridgehead atoms. The van der Waals surface area contributed by atoms with Crippen molar-refractivity contribution >= 4 is 96.2 Å². The highest BCUT2D eigenvalue weighted by Crippen LogP contribution is 2.50. The SMILES string of the molecule is CCOC(=O)[C@H](C)OP(=O)(CCN)Oc1ccccc1.CCOC(=O)[C@H](C)OP(=O)(CCNC(=O)c1ccc(N(C)Cc2cnc3nc(N)nc(N)c3n2)cc1)Oc1ccccc1.CN(Cc1cnc2nc(N)nc(N)c2n1)c1ccc(C(=O)O)cc1. The van der Waals surface area contributed by atoms with Crippen LogP contribution in [-0.4, -0.2) is 134 Å². The Morgan fingerprint density at radius 1 is 0.575 bits per heavy atom. The predicted molar refractivity (Wildman–Crippen MR) is 327 cm³/mol. The van der Waals surface area contributed by atoms with Gasteiger partial charge in [-0.2, -0.15) is 19.9 Å². The monoisotopic (exact) mass is 1230 g/mol. The number of nitrogens with two attached hydrogens (primary N) is 5. The van der Waals surface area contributed by atoms with Crippen molar-refractivity contribution in [3.8, 4) is 11.5 Å². The average molecular weight is 1240 g/mol. The highest BCUT2D eigenvalue weighted by molar-refractivity contribution is 7.54. The van der Waals surface area contributed by atoms with Crippen LogP contribution in [0, 0.1) is 0 Å². The zero-order valence-electron chi connectivity index (χ0n) is 48.5. The lowest BCUT2D eigenvalue weighted by Gasteiger charge is -2.22. The Morgan fingerprint density at radius 3 is 1.37 bits per heavy atom. The lowest BCUT2D eigenvalue weighted by molar-refractivity contribution is -0.151. The maximum Gasteiger partial charge on any atom is 0.381 e. The van der Waals surface area contributed by atoms with Crippen molar-refractivity contribution in [2.75, 3.05) is 85.5 Å². The van der Waals surface area contributed by atoms with E-state index in [4.69, 9.17) is 61.3 Å². The topological polar surface area (TPSA) is 430 Å². The summed E-state index contributed by atoms with van der Waals surface area (Å²) in [6.07, 6.45) is 0.926. The summed E-state index contributed by atoms with van der Waals surface area (Å²) in [5.74, 6) is -1.46. The first-order valence-corrected chi connectivity index (χ1v) is 30.3. The number of carboxylic acid groups (broad SMARTS) is 1. The molecular weight excluding hydrogens is 1170 g/mol. The van der Waals surface area contributed by atoms with Gasteiger partial charge in [0, 0.05) is 44.1 Å². The number of aromatic carboxylic acids is 1. The van der Waals surface area contributed by atoms with Crippen molar-refractivity contribution in [1.82, 2.24) is 45.2 Å². The quantitative estimate of drug-likeness (QED) is 0.0244. The smallest absolute Gasteiger partial charge is 0.381 e. The number of carboxylic acids is 1. The summed E-state index contributed by atoms with van der Waals surface area (Å²) < 4.78 is 57.7. The van der Waals surface area contributed by atoms with Crippen LogP contribution in [0.25, 0.3) is 22.3 Å². The van der Waals surface area contributed by atoms with Crippen LogP contribution in [0.1, 0.15) is 59.8 Å². The van der Waals surface area contributed by atoms with E-state index in [9.17, 15) is 28.3 Å². The van der Waals surface area contributed by atoms with E-state index in [1.54, 1.807) is 129 Å². The van der Waals surface area contributed by atoms with E-state index in [0.29, 0.717) is 63.9 Å². The van der Waals surface area contributed by atoms with Crippen molar-refractivity contribution in [2.24, 2.45) is 5.73 Å². The number of nitrogens with one attached hydrogen (secondary N) is 1. The maximum atomic E-state index is 13.6. The summed E-state index contributed by atoms with van der Waals surface area (Å²) in [6, 6.07) is 30.5. The number of esters is 2. The van der Waals surface area contributed by atoms with Gasteiger partial charge in [-0.25, -0.2) is 43.4 Å². The largest absolute Gasteiger partial charge is 0.478 e. The molecule has 0 fully saturated rings. The van der Waals surface area contributed by atoms with Crippen LogP contribution in [0.15, 0.2) is 122 Å². The van der Waals surface area contributed by atoms with Crippen LogP contribution in [-0.2, 0) is 50.3 Å². The highest BCUT2D eigenvalue weighted by atomic mass is 31.2. The van der Waals surface area contributed by atoms with Crippen LogP contribution < -0.4 is 52.8 Å². The Hall–Kier alpha value is -9.66. The molecule has 4 heterocycles. The van der Waals surface area contributed by atoms with Gasteiger partial charge in [0.25, 0.3) is 5.91 Å². The van der Waals surface area contributed by atoms with Gasteiger partial charge in [0.2, 0.25) is 11.9 Å². The van der Waals surface area contributed by atoms with Crippen molar-refractivity contribution in [3.63, 3.8) is 0 Å². The minimum atomic E-state index is -3.85. The fourth-order valence-corrected chi connectivity index (χ4v) is 10.9. The zero-order chi connectivity index (χ0) is 63.3. The van der Waals surface area contributed by atoms with E-state index >= 15 is 0 Å². The van der Waals surface area contributed by atoms with Crippen LogP contribution in [0.3, 0.4) is 0 Å². The number of hydrogen-bond donors (Lipinski definition) is 7. The number of hydrogen-bond acceptors (Lipinski definition) is 27. The third kappa shape index (κ3) is 20.0. The molecule has 1 amide bonds. The number of anilines is 6. The Bertz CT molecular complexity index is 3720. The summed E-state index contributed by atoms with van der Waals surface area (Å²) in [6.45, 7) is 7.58. The molecule has 460 valence electrons. The number of para-hydroxylation sites is 2. The molecule has 0 spiro atoms. The third-order valence-electron chi connectivity index (χ3n) is 11.8. The fraction of sp³-hybridized carbons (Fsp3) is 0.286. The molecule has 31 heteroatoms. The summed E-state index contributed by atoms with van der Waals surface area (Å²) in [7, 11) is -3.62. The Kier molecular flexibility index (Phi) is 24.0. The van der Waals surface area contributed by atoms with E-state index in [1.807, 2.05) is 30.0 Å². The molecule has 8 aromatic rings. The first kappa shape index (κ1) is 66.5. The number of carbonyl (C=O) groups excluding carboxylic acids is 3. The number of benzene rings is 4. The van der Waals surface area contributed by atoms with E-state index in [-0.39, 0.29) is 73.6 Å². The molecule has 8 rings (SSSR count). The van der Waals surface area contributed by atoms with Gasteiger partial charge in [0.1, 0.15) is 11.5 Å². The number of carbonyl (C=O) groups is 4. The van der Waals surface area contributed by atoms with Gasteiger partial charge in [0.15, 0.2) is 46.2 Å². The van der Waals surface area contributed by atoms with Gasteiger partial charge in [0.05, 0.1) is 68.0 Å². The van der Waals surface area contributed by atoms with Gasteiger partial charge < -0.3 is 67.4 Å². The molecule has 0 aliphatic carbocycles. The van der Waals surface area contributed by atoms with Crippen molar-refractivity contribution in [1.29, 1.82) is 0 Å². The molecule has 0 aliphatic rings. The molecule has 0 aliphatic heterocycles. The molecule has 4 aromatic carbocycles. The number of amides is 1. The summed E-state index contributed by atoms with van der Waals surface area (Å²) in [5, 5.41) is 11.7. The van der Waals surface area contributed by atoms with Crippen LogP contribution in [0.2, 0.25) is 0 Å². The lowest BCUT2D eigenvalue weighted by atomic mass is 10.2. The first-order valence-electron chi connectivity index (χ1n) is 26.8. The summed E-state index contributed by atoms with van der Waals surface area (Å²) in [4.78, 5) is 84.4. The Balaban J connectivity index is 0.000000231. The Morgan fingerprint density at radius 2 is 0.977 bits per heavy atom. The average Bonchev–Trinajstić information content (AvgIpc) is 3.10. The molecule has 4 aromatic heterocycles. The fourth-order valence-electron chi connectivity index (χ4n) is 7.69. The normalized spacial score (nSPS) is 12.9. The number of ether oxygens (including phenoxy) is 2. The zero-order valence-corrected chi connectivity index (χ0v) is 50.2. The first-order chi connectivity index (χ1) is 41.5. The second-order valence-corrected chi connectivity index (χ2v) is 22.8.